The van der Waals surface area contributed by atoms with Gasteiger partial charge in [-0.25, -0.2) is 0 Å². The van der Waals surface area contributed by atoms with Crippen molar-refractivity contribution in [1.29, 1.82) is 0 Å². The van der Waals surface area contributed by atoms with Crippen molar-refractivity contribution in [1.82, 2.24) is 9.80 Å². The van der Waals surface area contributed by atoms with Crippen molar-refractivity contribution in [3.63, 3.8) is 0 Å². The van der Waals surface area contributed by atoms with E-state index in [0.29, 0.717) is 12.8 Å². The molecule has 0 aliphatic carbocycles. The molecule has 0 aliphatic rings. The van der Waals surface area contributed by atoms with Crippen LogP contribution in [0.25, 0.3) is 0 Å². The van der Waals surface area contributed by atoms with Crippen molar-refractivity contribution in [2.45, 2.75) is 375 Å². The van der Waals surface area contributed by atoms with Gasteiger partial charge in [0.05, 0.1) is 11.9 Å². The summed E-state index contributed by atoms with van der Waals surface area (Å²) < 4.78 is 0. The number of unbranched alkanes of at least 4 members (excludes halogenated alkanes) is 44. The molecule has 7 heteroatoms. The molecule has 0 aliphatic heterocycles. The third-order valence-corrected chi connectivity index (χ3v) is 15.4. The second-order valence-electron chi connectivity index (χ2n) is 22.1. The average Bonchev–Trinajstić information content (AvgIpc) is 3.35. The SMILES string of the molecule is CCCCCCCCCCCCCCN(CCCCCCCCCCCCCC)C(CC)C(=O)[O-].CCCCCCCCCCCCCCN(CCCCCCCCCCCCCC)C(CC)C(=O)[O-].[Ca+2]. The minimum absolute atomic E-state index is 0. The third kappa shape index (κ3) is 56.2. The number of hydrogen-bond acceptors (Lipinski definition) is 6. The molecule has 6 nitrogen and oxygen atoms in total. The fourth-order valence-electron chi connectivity index (χ4n) is 10.6. The predicted molar refractivity (Wildman–Crippen MR) is 311 cm³/mol. The minimum Gasteiger partial charge on any atom is -0.548 e. The Bertz CT molecular complexity index is 881. The number of rotatable bonds is 58. The number of carbonyl (C=O) groups excluding carboxylic acids is 2. The molecule has 0 spiro atoms. The molecule has 71 heavy (non-hydrogen) atoms. The maximum atomic E-state index is 11.7. The maximum absolute atomic E-state index is 11.7. The van der Waals surface area contributed by atoms with Crippen LogP contribution in [-0.4, -0.2) is 97.7 Å². The number of carboxylic acid groups (broad SMARTS) is 2. The van der Waals surface area contributed by atoms with E-state index in [4.69, 9.17) is 0 Å². The van der Waals surface area contributed by atoms with Gasteiger partial charge < -0.3 is 19.8 Å². The van der Waals surface area contributed by atoms with Gasteiger partial charge in [-0.2, -0.15) is 0 Å². The molecule has 0 aromatic rings. The monoisotopic (exact) mass is 1030 g/mol. The van der Waals surface area contributed by atoms with Gasteiger partial charge in [-0.05, 0) is 64.7 Å². The van der Waals surface area contributed by atoms with Gasteiger partial charge in [0.1, 0.15) is 0 Å². The summed E-state index contributed by atoms with van der Waals surface area (Å²) >= 11 is 0. The van der Waals surface area contributed by atoms with Crippen molar-refractivity contribution in [2.75, 3.05) is 26.2 Å². The summed E-state index contributed by atoms with van der Waals surface area (Å²) in [5, 5.41) is 23.3. The van der Waals surface area contributed by atoms with Crippen molar-refractivity contribution >= 4 is 49.7 Å². The first-order valence-electron chi connectivity index (χ1n) is 32.2. The van der Waals surface area contributed by atoms with Crippen LogP contribution in [0.4, 0.5) is 0 Å². The summed E-state index contributed by atoms with van der Waals surface area (Å²) in [6.07, 6.45) is 65.8. The smallest absolute Gasteiger partial charge is 0.548 e. The van der Waals surface area contributed by atoms with Gasteiger partial charge in [-0.3, -0.25) is 9.80 Å². The van der Waals surface area contributed by atoms with Gasteiger partial charge in [0.15, 0.2) is 0 Å². The predicted octanol–water partition coefficient (Wildman–Crippen LogP) is 18.1. The Balaban J connectivity index is -0.00000128. The van der Waals surface area contributed by atoms with Crippen LogP contribution in [0.15, 0.2) is 0 Å². The largest absolute Gasteiger partial charge is 2.00 e. The molecule has 0 fully saturated rings. The second-order valence-corrected chi connectivity index (χ2v) is 22.1. The van der Waals surface area contributed by atoms with Gasteiger partial charge in [0.2, 0.25) is 0 Å². The molecule has 0 radical (unpaired) electrons. The van der Waals surface area contributed by atoms with Crippen LogP contribution in [0, 0.1) is 0 Å². The number of nitrogens with zero attached hydrogens (tertiary/aromatic N) is 2. The summed E-state index contributed by atoms with van der Waals surface area (Å²) in [7, 11) is 0. The normalized spacial score (nSPS) is 12.3. The standard InChI is InChI=1S/2C32H65NO2.Ca/c2*1-4-7-9-11-13-15-17-19-21-23-25-27-29-33(31(6-3)32(34)35)30-28-26-24-22-20-18-16-14-12-10-8-5-2;/h2*31H,4-30H2,1-3H3,(H,34,35);/q;;+2/p-2. The number of hydrogen-bond donors (Lipinski definition) is 0. The van der Waals surface area contributed by atoms with Crippen LogP contribution < -0.4 is 10.2 Å². The molecule has 0 rings (SSSR count). The maximum Gasteiger partial charge on any atom is 2.00 e. The summed E-state index contributed by atoms with van der Waals surface area (Å²) in [6, 6.07) is -0.814. The van der Waals surface area contributed by atoms with E-state index in [1.54, 1.807) is 0 Å². The Morgan fingerprint density at radius 2 is 0.380 bits per heavy atom. The van der Waals surface area contributed by atoms with E-state index < -0.39 is 24.0 Å². The van der Waals surface area contributed by atoms with Crippen LogP contribution in [0.5, 0.6) is 0 Å². The first-order valence-corrected chi connectivity index (χ1v) is 32.2. The average molecular weight is 1030 g/mol. The molecule has 0 aromatic carbocycles. The van der Waals surface area contributed by atoms with Crippen LogP contribution >= 0.6 is 0 Å². The Hall–Kier alpha value is 0.120. The van der Waals surface area contributed by atoms with Crippen LogP contribution in [0.2, 0.25) is 0 Å². The van der Waals surface area contributed by atoms with Crippen LogP contribution in [-0.2, 0) is 9.59 Å². The molecule has 0 aromatic heterocycles. The zero-order valence-corrected chi connectivity index (χ0v) is 51.8. The minimum atomic E-state index is -0.884. The first kappa shape index (κ1) is 75.4. The van der Waals surface area contributed by atoms with Gasteiger partial charge in [0, 0.05) is 12.1 Å². The van der Waals surface area contributed by atoms with Crippen molar-refractivity contribution in [3.05, 3.63) is 0 Å². The van der Waals surface area contributed by atoms with E-state index in [-0.39, 0.29) is 37.7 Å². The van der Waals surface area contributed by atoms with E-state index in [1.807, 2.05) is 13.8 Å². The Morgan fingerprint density at radius 3 is 0.493 bits per heavy atom. The molecule has 0 amide bonds. The molecule has 0 bridgehead atoms. The zero-order valence-electron chi connectivity index (χ0n) is 49.6. The molecular formula is C64H128CaN2O4. The van der Waals surface area contributed by atoms with Crippen molar-refractivity contribution in [3.8, 4) is 0 Å². The fourth-order valence-corrected chi connectivity index (χ4v) is 10.6. The Morgan fingerprint density at radius 1 is 0.254 bits per heavy atom. The molecular weight excluding hydrogens is 901 g/mol. The topological polar surface area (TPSA) is 86.7 Å². The molecule has 0 saturated carbocycles. The first-order chi connectivity index (χ1) is 34.3. The van der Waals surface area contributed by atoms with Crippen LogP contribution in [0.1, 0.15) is 363 Å². The van der Waals surface area contributed by atoms with Crippen molar-refractivity contribution in [2.24, 2.45) is 0 Å². The Labute approximate surface area is 476 Å². The third-order valence-electron chi connectivity index (χ3n) is 15.4. The van der Waals surface area contributed by atoms with E-state index in [1.165, 1.54) is 283 Å². The number of carboxylic acids is 2. The Kier molecular flexibility index (Phi) is 68.4. The van der Waals surface area contributed by atoms with Crippen molar-refractivity contribution < 1.29 is 19.8 Å². The molecule has 2 unspecified atom stereocenters. The summed E-state index contributed by atoms with van der Waals surface area (Å²) in [5.74, 6) is -1.77. The number of aliphatic carboxylic acids is 2. The van der Waals surface area contributed by atoms with Gasteiger partial charge in [0.25, 0.3) is 0 Å². The van der Waals surface area contributed by atoms with Crippen LogP contribution in [0.3, 0.4) is 0 Å². The van der Waals surface area contributed by atoms with E-state index in [9.17, 15) is 19.8 Å². The molecule has 0 saturated heterocycles. The quantitative estimate of drug-likeness (QED) is 0.0446. The van der Waals surface area contributed by atoms with Gasteiger partial charge in [-0.15, -0.1) is 0 Å². The molecule has 420 valence electrons. The molecule has 0 N–H and O–H groups in total. The zero-order chi connectivity index (χ0) is 51.6. The van der Waals surface area contributed by atoms with E-state index >= 15 is 0 Å². The molecule has 0 heterocycles. The van der Waals surface area contributed by atoms with Gasteiger partial charge >= 0.3 is 37.7 Å². The summed E-state index contributed by atoms with van der Waals surface area (Å²) in [4.78, 5) is 27.7. The van der Waals surface area contributed by atoms with E-state index in [2.05, 4.69) is 37.5 Å². The van der Waals surface area contributed by atoms with Gasteiger partial charge in [-0.1, -0.05) is 324 Å². The summed E-state index contributed by atoms with van der Waals surface area (Å²) in [5.41, 5.74) is 0. The van der Waals surface area contributed by atoms with E-state index in [0.717, 1.165) is 51.9 Å². The second kappa shape index (κ2) is 64.4. The summed E-state index contributed by atoms with van der Waals surface area (Å²) in [6.45, 7) is 16.8. The molecule has 2 atom stereocenters. The fraction of sp³-hybridized carbons (Fsp3) is 0.969. The number of carbonyl (C=O) groups is 2.